The summed E-state index contributed by atoms with van der Waals surface area (Å²) in [6.45, 7) is 0. The molecule has 0 aliphatic rings. The molecule has 0 aliphatic carbocycles. The van der Waals surface area contributed by atoms with E-state index in [2.05, 4.69) is 23.2 Å². The van der Waals surface area contributed by atoms with Gasteiger partial charge in [-0.05, 0) is 17.3 Å². The van der Waals surface area contributed by atoms with Gasteiger partial charge < -0.3 is 0 Å². The highest BCUT2D eigenvalue weighted by molar-refractivity contribution is 7.83. The molecule has 0 N–H and O–H groups in total. The van der Waals surface area contributed by atoms with Gasteiger partial charge in [-0.3, -0.25) is 4.57 Å². The predicted octanol–water partition coefficient (Wildman–Crippen LogP) is 4.65. The molecule has 2 rings (SSSR count). The summed E-state index contributed by atoms with van der Waals surface area (Å²) < 4.78 is 51.5. The van der Waals surface area contributed by atoms with Gasteiger partial charge >= 0.3 is 5.38 Å². The molecule has 6 heteroatoms. The van der Waals surface area contributed by atoms with E-state index in [9.17, 15) is 17.7 Å². The largest absolute Gasteiger partial charge is 0.374 e. The summed E-state index contributed by atoms with van der Waals surface area (Å²) in [5, 5.41) is -3.26. The highest BCUT2D eigenvalue weighted by Crippen LogP contribution is 2.41. The Bertz CT molecular complexity index is 759. The van der Waals surface area contributed by atoms with Gasteiger partial charge in [-0.25, -0.2) is 4.39 Å². The lowest BCUT2D eigenvalue weighted by Crippen LogP contribution is -2.14. The molecule has 0 aliphatic heterocycles. The monoisotopic (exact) mass is 354 g/mol. The predicted molar refractivity (Wildman–Crippen MR) is 87.5 cm³/mol. The van der Waals surface area contributed by atoms with E-state index < -0.39 is 18.4 Å². The fraction of sp³-hybridized carbons (Fsp3) is 0.0588. The smallest absolute Gasteiger partial charge is 0.300 e. The van der Waals surface area contributed by atoms with Crippen LogP contribution in [0.3, 0.4) is 0 Å². The van der Waals surface area contributed by atoms with Crippen molar-refractivity contribution >= 4 is 29.4 Å². The third-order valence-electron chi connectivity index (χ3n) is 2.93. The minimum Gasteiger partial charge on any atom is -0.300 e. The van der Waals surface area contributed by atoms with Crippen molar-refractivity contribution in [3.63, 3.8) is 0 Å². The highest BCUT2D eigenvalue weighted by atomic mass is 35.5. The molecule has 0 unspecified atom stereocenters. The third kappa shape index (κ3) is 4.28. The van der Waals surface area contributed by atoms with Crippen molar-refractivity contribution in [2.75, 3.05) is 0 Å². The molecule has 0 amide bonds. The zero-order chi connectivity index (χ0) is 16.9. The Hall–Kier alpha value is -1.95. The molecule has 1 nitrogen and oxygen atoms in total. The second kappa shape index (κ2) is 7.08. The molecule has 23 heavy (non-hydrogen) atoms. The van der Waals surface area contributed by atoms with Crippen LogP contribution in [0.2, 0.25) is 0 Å². The van der Waals surface area contributed by atoms with E-state index in [1.165, 1.54) is 0 Å². The lowest BCUT2D eigenvalue weighted by Gasteiger charge is -2.12. The quantitative estimate of drug-likeness (QED) is 0.445. The number of hydrogen-bond donors (Lipinski definition) is 0. The van der Waals surface area contributed by atoms with Crippen molar-refractivity contribution in [3.05, 3.63) is 72.6 Å². The number of allylic oxidation sites excluding steroid dienone is 2. The SMILES string of the molecule is O=P(C#C/C=C(\F)C(F)(F)Cl)(c1ccccc1)c1ccccc1. The summed E-state index contributed by atoms with van der Waals surface area (Å²) in [4.78, 5) is 0. The second-order valence-electron chi connectivity index (χ2n) is 4.53. The Kier molecular flexibility index (Phi) is 5.36. The number of benzene rings is 2. The van der Waals surface area contributed by atoms with Crippen LogP contribution in [-0.2, 0) is 4.57 Å². The van der Waals surface area contributed by atoms with Gasteiger partial charge in [-0.15, -0.1) is 0 Å². The highest BCUT2D eigenvalue weighted by Gasteiger charge is 2.31. The lowest BCUT2D eigenvalue weighted by atomic mass is 10.4. The molecule has 0 aromatic heterocycles. The van der Waals surface area contributed by atoms with Gasteiger partial charge in [0.05, 0.1) is 0 Å². The fourth-order valence-corrected chi connectivity index (χ4v) is 3.86. The van der Waals surface area contributed by atoms with Gasteiger partial charge in [-0.2, -0.15) is 8.78 Å². The van der Waals surface area contributed by atoms with Gasteiger partial charge in [-0.1, -0.05) is 66.6 Å². The maximum atomic E-state index is 13.3. The van der Waals surface area contributed by atoms with E-state index >= 15 is 0 Å². The van der Waals surface area contributed by atoms with E-state index in [0.29, 0.717) is 16.7 Å². The van der Waals surface area contributed by atoms with Gasteiger partial charge in [0.25, 0.3) is 0 Å². The maximum Gasteiger partial charge on any atom is 0.374 e. The summed E-state index contributed by atoms with van der Waals surface area (Å²) in [5.74, 6) is 0.225. The molecule has 0 saturated carbocycles. The molecule has 0 bridgehead atoms. The van der Waals surface area contributed by atoms with Crippen LogP contribution in [0.15, 0.2) is 72.6 Å². The number of halogens is 4. The molecule has 118 valence electrons. The van der Waals surface area contributed by atoms with Crippen LogP contribution < -0.4 is 10.6 Å². The van der Waals surface area contributed by atoms with Crippen molar-refractivity contribution in [1.29, 1.82) is 0 Å². The van der Waals surface area contributed by atoms with E-state index in [0.717, 1.165) is 0 Å². The summed E-state index contributed by atoms with van der Waals surface area (Å²) in [6.07, 6.45) is 0.339. The molecule has 0 atom stereocenters. The van der Waals surface area contributed by atoms with Crippen LogP contribution in [0, 0.1) is 11.6 Å². The van der Waals surface area contributed by atoms with Gasteiger partial charge in [0.2, 0.25) is 7.14 Å². The normalized spacial score (nSPS) is 12.4. The van der Waals surface area contributed by atoms with E-state index in [4.69, 9.17) is 0 Å². The molecular formula is C17H11ClF3OP. The standard InChI is InChI=1S/C17H11ClF3OP/c18-17(20,21)16(19)12-7-13-23(22,14-8-3-1-4-9-14)15-10-5-2-6-11-15/h1-6,8-12H/b16-12-. The average molecular weight is 355 g/mol. The Balaban J connectivity index is 2.52. The number of rotatable bonds is 3. The second-order valence-corrected chi connectivity index (χ2v) is 7.48. The zero-order valence-electron chi connectivity index (χ0n) is 11.7. The van der Waals surface area contributed by atoms with Crippen LogP contribution in [-0.4, -0.2) is 5.38 Å². The van der Waals surface area contributed by atoms with E-state index in [-0.39, 0.29) is 0 Å². The van der Waals surface area contributed by atoms with Crippen LogP contribution >= 0.6 is 18.7 Å². The van der Waals surface area contributed by atoms with E-state index in [1.807, 2.05) is 0 Å². The number of hydrogen-bond acceptors (Lipinski definition) is 1. The third-order valence-corrected chi connectivity index (χ3v) is 5.61. The Morgan fingerprint density at radius 3 is 1.83 bits per heavy atom. The first kappa shape index (κ1) is 17.4. The van der Waals surface area contributed by atoms with Gasteiger partial charge in [0.1, 0.15) is 0 Å². The van der Waals surface area contributed by atoms with Gasteiger partial charge in [0.15, 0.2) is 5.83 Å². The molecule has 0 spiro atoms. The van der Waals surface area contributed by atoms with Crippen LogP contribution in [0.25, 0.3) is 0 Å². The summed E-state index contributed by atoms with van der Waals surface area (Å²) in [7, 11) is -3.39. The Morgan fingerprint density at radius 2 is 1.43 bits per heavy atom. The van der Waals surface area contributed by atoms with Crippen LogP contribution in [0.1, 0.15) is 0 Å². The molecule has 0 saturated heterocycles. The first-order valence-electron chi connectivity index (χ1n) is 6.51. The molecule has 2 aromatic carbocycles. The molecular weight excluding hydrogens is 344 g/mol. The average Bonchev–Trinajstić information content (AvgIpc) is 2.55. The Morgan fingerprint density at radius 1 is 1.00 bits per heavy atom. The molecule has 0 fully saturated rings. The Labute approximate surface area is 137 Å². The summed E-state index contributed by atoms with van der Waals surface area (Å²) in [5.41, 5.74) is 2.43. The van der Waals surface area contributed by atoms with Crippen LogP contribution in [0.4, 0.5) is 13.2 Å². The number of alkyl halides is 3. The van der Waals surface area contributed by atoms with Gasteiger partial charge in [0, 0.05) is 16.7 Å². The maximum absolute atomic E-state index is 13.3. The molecule has 0 heterocycles. The van der Waals surface area contributed by atoms with Crippen molar-refractivity contribution in [2.24, 2.45) is 0 Å². The summed E-state index contributed by atoms with van der Waals surface area (Å²) in [6, 6.07) is 16.8. The van der Waals surface area contributed by atoms with Crippen molar-refractivity contribution < 1.29 is 17.7 Å². The van der Waals surface area contributed by atoms with Crippen LogP contribution in [0.5, 0.6) is 0 Å². The minimum absolute atomic E-state index is 0.339. The zero-order valence-corrected chi connectivity index (χ0v) is 13.4. The van der Waals surface area contributed by atoms with Crippen molar-refractivity contribution in [3.8, 4) is 11.6 Å². The molecule has 0 radical (unpaired) electrons. The van der Waals surface area contributed by atoms with E-state index in [1.54, 1.807) is 60.7 Å². The summed E-state index contributed by atoms with van der Waals surface area (Å²) >= 11 is 4.55. The minimum atomic E-state index is -4.13. The van der Waals surface area contributed by atoms with Crippen molar-refractivity contribution in [2.45, 2.75) is 5.38 Å². The lowest BCUT2D eigenvalue weighted by molar-refractivity contribution is 0.110. The first-order valence-corrected chi connectivity index (χ1v) is 8.59. The fourth-order valence-electron chi connectivity index (χ4n) is 1.82. The van der Waals surface area contributed by atoms with Crippen molar-refractivity contribution in [1.82, 2.24) is 0 Å². The molecule has 2 aromatic rings. The topological polar surface area (TPSA) is 17.1 Å². The first-order chi connectivity index (χ1) is 10.8.